The molecule has 0 saturated carbocycles. The number of carbonyl (C=O) groups is 1. The molecule has 0 unspecified atom stereocenters. The van der Waals surface area contributed by atoms with Gasteiger partial charge in [-0.05, 0) is 47.5 Å². The number of hydrogen-bond donors (Lipinski definition) is 2. The van der Waals surface area contributed by atoms with Crippen LogP contribution in [-0.2, 0) is 16.6 Å². The Kier molecular flexibility index (Phi) is 6.18. The average molecular weight is 393 g/mol. The number of nitrogens with zero attached hydrogens (tertiary/aromatic N) is 1. The van der Waals surface area contributed by atoms with Crippen LogP contribution in [0.25, 0.3) is 6.08 Å². The third-order valence-corrected chi connectivity index (χ3v) is 4.84. The second kappa shape index (κ2) is 8.96. The topological polar surface area (TPSA) is 88.2 Å². The molecule has 6 nitrogen and oxygen atoms in total. The van der Waals surface area contributed by atoms with Crippen LogP contribution < -0.4 is 10.0 Å². The Balaban J connectivity index is 1.59. The molecule has 0 spiro atoms. The minimum absolute atomic E-state index is 0.248. The van der Waals surface area contributed by atoms with Crippen LogP contribution in [0.3, 0.4) is 0 Å². The van der Waals surface area contributed by atoms with E-state index >= 15 is 0 Å². The van der Waals surface area contributed by atoms with Gasteiger partial charge in [-0.2, -0.15) is 0 Å². The van der Waals surface area contributed by atoms with Crippen LogP contribution in [0, 0.1) is 0 Å². The first-order valence-electron chi connectivity index (χ1n) is 8.55. The fourth-order valence-corrected chi connectivity index (χ4v) is 3.28. The number of hydrogen-bond acceptors (Lipinski definition) is 4. The molecular weight excluding hydrogens is 374 g/mol. The molecular formula is C21H19N3O3S. The number of carbonyl (C=O) groups excluding carboxylic acids is 1. The Morgan fingerprint density at radius 1 is 0.964 bits per heavy atom. The maximum atomic E-state index is 12.2. The van der Waals surface area contributed by atoms with Gasteiger partial charge in [-0.25, -0.2) is 8.42 Å². The van der Waals surface area contributed by atoms with E-state index in [1.807, 2.05) is 36.4 Å². The number of anilines is 1. The van der Waals surface area contributed by atoms with Crippen molar-refractivity contribution in [2.24, 2.45) is 0 Å². The van der Waals surface area contributed by atoms with E-state index < -0.39 is 10.0 Å². The van der Waals surface area contributed by atoms with Gasteiger partial charge in [-0.1, -0.05) is 36.4 Å². The van der Waals surface area contributed by atoms with Gasteiger partial charge in [0.25, 0.3) is 15.9 Å². The van der Waals surface area contributed by atoms with Crippen LogP contribution >= 0.6 is 0 Å². The van der Waals surface area contributed by atoms with Crippen molar-refractivity contribution in [3.63, 3.8) is 0 Å². The standard InChI is InChI=1S/C21H19N3O3S/c25-21(23-16-18-7-4-13-22-15-18)19-8-10-20(11-9-19)24-28(26,27)14-12-17-5-2-1-3-6-17/h1-15,24H,16H2,(H,23,25)/b14-12+. The fourth-order valence-electron chi connectivity index (χ4n) is 2.41. The number of pyridine rings is 1. The van der Waals surface area contributed by atoms with Gasteiger partial charge in [-0.3, -0.25) is 14.5 Å². The molecule has 3 aromatic rings. The molecule has 0 radical (unpaired) electrons. The smallest absolute Gasteiger partial charge is 0.255 e. The molecule has 7 heteroatoms. The van der Waals surface area contributed by atoms with Gasteiger partial charge in [0.05, 0.1) is 5.41 Å². The monoisotopic (exact) mass is 393 g/mol. The van der Waals surface area contributed by atoms with Crippen molar-refractivity contribution >= 4 is 27.7 Å². The Morgan fingerprint density at radius 2 is 1.71 bits per heavy atom. The Labute approximate surface area is 164 Å². The lowest BCUT2D eigenvalue weighted by Gasteiger charge is -2.07. The van der Waals surface area contributed by atoms with Crippen molar-refractivity contribution < 1.29 is 13.2 Å². The molecule has 1 heterocycles. The van der Waals surface area contributed by atoms with Crippen molar-refractivity contribution in [1.82, 2.24) is 10.3 Å². The highest BCUT2D eigenvalue weighted by molar-refractivity contribution is 7.95. The molecule has 0 aliphatic heterocycles. The van der Waals surface area contributed by atoms with Crippen molar-refractivity contribution in [3.8, 4) is 0 Å². The third kappa shape index (κ3) is 5.78. The van der Waals surface area contributed by atoms with Crippen LogP contribution in [0.1, 0.15) is 21.5 Å². The van der Waals surface area contributed by atoms with Crippen molar-refractivity contribution in [3.05, 3.63) is 101 Å². The van der Waals surface area contributed by atoms with Crippen molar-refractivity contribution in [2.75, 3.05) is 4.72 Å². The molecule has 3 rings (SSSR count). The molecule has 28 heavy (non-hydrogen) atoms. The molecule has 0 saturated heterocycles. The van der Waals surface area contributed by atoms with Gasteiger partial charge in [0.2, 0.25) is 0 Å². The van der Waals surface area contributed by atoms with Crippen LogP contribution in [0.2, 0.25) is 0 Å². The van der Waals surface area contributed by atoms with Crippen LogP contribution in [0.15, 0.2) is 84.5 Å². The molecule has 2 aromatic carbocycles. The SMILES string of the molecule is O=C(NCc1cccnc1)c1ccc(NS(=O)(=O)/C=C/c2ccccc2)cc1. The van der Waals surface area contributed by atoms with E-state index in [9.17, 15) is 13.2 Å². The number of nitrogens with one attached hydrogen (secondary N) is 2. The summed E-state index contributed by atoms with van der Waals surface area (Å²) in [5.74, 6) is -0.248. The van der Waals surface area contributed by atoms with E-state index in [4.69, 9.17) is 0 Å². The molecule has 0 bridgehead atoms. The van der Waals surface area contributed by atoms with E-state index in [2.05, 4.69) is 15.0 Å². The minimum Gasteiger partial charge on any atom is -0.348 e. The summed E-state index contributed by atoms with van der Waals surface area (Å²) in [6.45, 7) is 0.366. The van der Waals surface area contributed by atoms with Gasteiger partial charge >= 0.3 is 0 Å². The summed E-state index contributed by atoms with van der Waals surface area (Å²) >= 11 is 0. The first-order valence-corrected chi connectivity index (χ1v) is 10.1. The summed E-state index contributed by atoms with van der Waals surface area (Å²) in [4.78, 5) is 16.2. The second-order valence-corrected chi connectivity index (χ2v) is 7.55. The fraction of sp³-hybridized carbons (Fsp3) is 0.0476. The molecule has 2 N–H and O–H groups in total. The number of sulfonamides is 1. The Bertz CT molecular complexity index is 1050. The van der Waals surface area contributed by atoms with Gasteiger partial charge in [0.1, 0.15) is 0 Å². The average Bonchev–Trinajstić information content (AvgIpc) is 2.72. The first-order chi connectivity index (χ1) is 13.5. The van der Waals surface area contributed by atoms with Gasteiger partial charge < -0.3 is 5.32 Å². The van der Waals surface area contributed by atoms with Crippen molar-refractivity contribution in [2.45, 2.75) is 6.54 Å². The third-order valence-electron chi connectivity index (χ3n) is 3.82. The van der Waals surface area contributed by atoms with Gasteiger partial charge in [0.15, 0.2) is 0 Å². The summed E-state index contributed by atoms with van der Waals surface area (Å²) < 4.78 is 26.8. The van der Waals surface area contributed by atoms with Crippen molar-refractivity contribution in [1.29, 1.82) is 0 Å². The summed E-state index contributed by atoms with van der Waals surface area (Å²) in [7, 11) is -3.65. The normalized spacial score (nSPS) is 11.3. The predicted octanol–water partition coefficient (Wildman–Crippen LogP) is 3.42. The van der Waals surface area contributed by atoms with Crippen LogP contribution in [0.5, 0.6) is 0 Å². The van der Waals surface area contributed by atoms with Crippen LogP contribution in [-0.4, -0.2) is 19.3 Å². The maximum Gasteiger partial charge on any atom is 0.255 e. The van der Waals surface area contributed by atoms with E-state index in [-0.39, 0.29) is 5.91 Å². The highest BCUT2D eigenvalue weighted by atomic mass is 32.2. The highest BCUT2D eigenvalue weighted by Gasteiger charge is 2.08. The number of rotatable bonds is 7. The molecule has 1 aromatic heterocycles. The molecule has 0 fully saturated rings. The lowest BCUT2D eigenvalue weighted by molar-refractivity contribution is 0.0951. The minimum atomic E-state index is -3.65. The summed E-state index contributed by atoms with van der Waals surface area (Å²) in [5, 5.41) is 3.90. The van der Waals surface area contributed by atoms with E-state index in [1.54, 1.807) is 42.7 Å². The second-order valence-electron chi connectivity index (χ2n) is 5.98. The molecule has 0 aliphatic carbocycles. The lowest BCUT2D eigenvalue weighted by Crippen LogP contribution is -2.22. The van der Waals surface area contributed by atoms with Gasteiger partial charge in [-0.15, -0.1) is 0 Å². The first kappa shape index (κ1) is 19.3. The van der Waals surface area contributed by atoms with E-state index in [1.165, 1.54) is 6.08 Å². The number of amides is 1. The number of benzene rings is 2. The largest absolute Gasteiger partial charge is 0.348 e. The zero-order valence-corrected chi connectivity index (χ0v) is 15.8. The highest BCUT2D eigenvalue weighted by Crippen LogP contribution is 2.13. The summed E-state index contributed by atoms with van der Waals surface area (Å²) in [5.41, 5.74) is 2.49. The molecule has 1 amide bonds. The summed E-state index contributed by atoms with van der Waals surface area (Å²) in [6, 6.07) is 19.0. The quantitative estimate of drug-likeness (QED) is 0.644. The Morgan fingerprint density at radius 3 is 2.39 bits per heavy atom. The molecule has 0 aliphatic rings. The van der Waals surface area contributed by atoms with Crippen LogP contribution in [0.4, 0.5) is 5.69 Å². The molecule has 0 atom stereocenters. The summed E-state index contributed by atoms with van der Waals surface area (Å²) in [6.07, 6.45) is 4.86. The van der Waals surface area contributed by atoms with Gasteiger partial charge in [0, 0.05) is 30.2 Å². The zero-order valence-electron chi connectivity index (χ0n) is 14.9. The predicted molar refractivity (Wildman–Crippen MR) is 110 cm³/mol. The maximum absolute atomic E-state index is 12.2. The number of aromatic nitrogens is 1. The molecule has 142 valence electrons. The van der Waals surface area contributed by atoms with E-state index in [0.29, 0.717) is 17.8 Å². The lowest BCUT2D eigenvalue weighted by atomic mass is 10.2. The van der Waals surface area contributed by atoms with E-state index in [0.717, 1.165) is 16.5 Å². The Hall–Kier alpha value is -3.45. The zero-order chi connectivity index (χ0) is 19.8.